The summed E-state index contributed by atoms with van der Waals surface area (Å²) in [5.41, 5.74) is 0.651. The molecule has 1 amide bonds. The summed E-state index contributed by atoms with van der Waals surface area (Å²) in [7, 11) is -3.67. The van der Waals surface area contributed by atoms with Gasteiger partial charge in [0.2, 0.25) is 17.6 Å². The van der Waals surface area contributed by atoms with E-state index in [2.05, 4.69) is 15.5 Å². The Morgan fingerprint density at radius 1 is 1.27 bits per heavy atom. The van der Waals surface area contributed by atoms with Crippen LogP contribution >= 0.6 is 11.3 Å². The molecule has 0 aromatic carbocycles. The van der Waals surface area contributed by atoms with Crippen molar-refractivity contribution < 1.29 is 17.7 Å². The molecular weight excluding hydrogens is 424 g/mol. The molecule has 30 heavy (non-hydrogen) atoms. The van der Waals surface area contributed by atoms with Gasteiger partial charge in [-0.1, -0.05) is 18.0 Å². The van der Waals surface area contributed by atoms with Gasteiger partial charge < -0.3 is 9.84 Å². The van der Waals surface area contributed by atoms with E-state index >= 15 is 0 Å². The minimum Gasteiger partial charge on any atom is -0.354 e. The zero-order valence-electron chi connectivity index (χ0n) is 17.3. The summed E-state index contributed by atoms with van der Waals surface area (Å²) in [4.78, 5) is 16.9. The highest BCUT2D eigenvalue weighted by Crippen LogP contribution is 2.35. The number of aromatic nitrogens is 2. The molecule has 2 aromatic rings. The summed E-state index contributed by atoms with van der Waals surface area (Å²) in [6, 6.07) is 1.65. The van der Waals surface area contributed by atoms with Crippen LogP contribution in [0.1, 0.15) is 64.2 Å². The third-order valence-electron chi connectivity index (χ3n) is 5.76. The monoisotopic (exact) mass is 452 g/mol. The van der Waals surface area contributed by atoms with Crippen molar-refractivity contribution in [3.8, 4) is 11.4 Å². The number of sulfonamides is 1. The van der Waals surface area contributed by atoms with Crippen molar-refractivity contribution in [2.45, 2.75) is 68.5 Å². The Kier molecular flexibility index (Phi) is 6.26. The van der Waals surface area contributed by atoms with Crippen LogP contribution in [0, 0.1) is 5.92 Å². The van der Waals surface area contributed by atoms with Gasteiger partial charge in [-0.15, -0.1) is 11.3 Å². The predicted molar refractivity (Wildman–Crippen MR) is 114 cm³/mol. The van der Waals surface area contributed by atoms with Gasteiger partial charge in [0.05, 0.1) is 5.92 Å². The van der Waals surface area contributed by atoms with E-state index in [9.17, 15) is 13.2 Å². The average molecular weight is 453 g/mol. The molecule has 0 unspecified atom stereocenters. The molecule has 1 saturated carbocycles. The molecular formula is C20H28N4O4S2. The Morgan fingerprint density at radius 2 is 2.03 bits per heavy atom. The zero-order chi connectivity index (χ0) is 21.3. The number of nitrogens with zero attached hydrogens (tertiary/aromatic N) is 3. The quantitative estimate of drug-likeness (QED) is 0.720. The molecule has 1 N–H and O–H groups in total. The lowest BCUT2D eigenvalue weighted by Crippen LogP contribution is -2.46. The lowest BCUT2D eigenvalue weighted by Gasteiger charge is -2.31. The molecule has 2 aromatic heterocycles. The molecule has 8 nitrogen and oxygen atoms in total. The van der Waals surface area contributed by atoms with Crippen LogP contribution in [0.5, 0.6) is 0 Å². The third kappa shape index (κ3) is 4.45. The van der Waals surface area contributed by atoms with Crippen molar-refractivity contribution >= 4 is 27.3 Å². The van der Waals surface area contributed by atoms with Crippen LogP contribution in [0.15, 0.2) is 20.2 Å². The van der Waals surface area contributed by atoms with Crippen molar-refractivity contribution in [3.05, 3.63) is 17.3 Å². The largest absolute Gasteiger partial charge is 0.354 e. The molecule has 10 heteroatoms. The summed E-state index contributed by atoms with van der Waals surface area (Å²) in [5.74, 6) is 0.996. The molecule has 4 rings (SSSR count). The van der Waals surface area contributed by atoms with Crippen LogP contribution in [-0.2, 0) is 14.8 Å². The lowest BCUT2D eigenvalue weighted by atomic mass is 9.98. The van der Waals surface area contributed by atoms with Crippen LogP contribution < -0.4 is 5.32 Å². The van der Waals surface area contributed by atoms with Crippen molar-refractivity contribution in [1.29, 1.82) is 0 Å². The van der Waals surface area contributed by atoms with E-state index in [0.29, 0.717) is 42.6 Å². The van der Waals surface area contributed by atoms with Crippen molar-refractivity contribution in [3.63, 3.8) is 0 Å². The number of carbonyl (C=O) groups is 1. The number of amides is 1. The van der Waals surface area contributed by atoms with E-state index in [1.54, 1.807) is 11.4 Å². The summed E-state index contributed by atoms with van der Waals surface area (Å²) in [6.45, 7) is 4.44. The zero-order valence-corrected chi connectivity index (χ0v) is 19.0. The van der Waals surface area contributed by atoms with Crippen LogP contribution in [-0.4, -0.2) is 47.9 Å². The first-order valence-electron chi connectivity index (χ1n) is 10.6. The standard InChI is InChI=1S/C20H28N4O4S2/c1-13(2)21-19(25)15-8-5-9-24(11-15)30(26,27)17-10-16(12-29-17)18-22-20(28-23-18)14-6-3-4-7-14/h10,12-15H,3-9,11H2,1-2H3,(H,21,25)/t15-/m0/s1. The van der Waals surface area contributed by atoms with E-state index in [4.69, 9.17) is 4.52 Å². The fraction of sp³-hybridized carbons (Fsp3) is 0.650. The number of nitrogens with one attached hydrogen (secondary N) is 1. The third-order valence-corrected chi connectivity index (χ3v) is 9.04. The molecule has 1 atom stereocenters. The van der Waals surface area contributed by atoms with Gasteiger partial charge in [-0.25, -0.2) is 8.42 Å². The topological polar surface area (TPSA) is 105 Å². The lowest BCUT2D eigenvalue weighted by molar-refractivity contribution is -0.126. The first-order chi connectivity index (χ1) is 14.3. The smallest absolute Gasteiger partial charge is 0.252 e. The van der Waals surface area contributed by atoms with Gasteiger partial charge in [0.25, 0.3) is 10.0 Å². The maximum atomic E-state index is 13.2. The Morgan fingerprint density at radius 3 is 2.77 bits per heavy atom. The molecule has 2 fully saturated rings. The van der Waals surface area contributed by atoms with E-state index in [1.807, 2.05) is 13.8 Å². The van der Waals surface area contributed by atoms with Gasteiger partial charge in [-0.3, -0.25) is 4.79 Å². The molecule has 0 bridgehead atoms. The van der Waals surface area contributed by atoms with E-state index < -0.39 is 10.0 Å². The second-order valence-electron chi connectivity index (χ2n) is 8.46. The van der Waals surface area contributed by atoms with Crippen LogP contribution in [0.25, 0.3) is 11.4 Å². The Bertz CT molecular complexity index is 992. The minimum absolute atomic E-state index is 0.0356. The van der Waals surface area contributed by atoms with Gasteiger partial charge >= 0.3 is 0 Å². The number of piperidine rings is 1. The first-order valence-corrected chi connectivity index (χ1v) is 12.9. The predicted octanol–water partition coefficient (Wildman–Crippen LogP) is 3.38. The Balaban J connectivity index is 1.48. The summed E-state index contributed by atoms with van der Waals surface area (Å²) in [6.07, 6.45) is 5.84. The number of thiophene rings is 1. The highest BCUT2D eigenvalue weighted by Gasteiger charge is 2.34. The van der Waals surface area contributed by atoms with Crippen LogP contribution in [0.2, 0.25) is 0 Å². The second kappa shape index (κ2) is 8.76. The van der Waals surface area contributed by atoms with Crippen molar-refractivity contribution in [2.75, 3.05) is 13.1 Å². The average Bonchev–Trinajstić information content (AvgIpc) is 3.48. The number of hydrogen-bond donors (Lipinski definition) is 1. The fourth-order valence-electron chi connectivity index (χ4n) is 4.16. The Hall–Kier alpha value is -1.78. The van der Waals surface area contributed by atoms with Crippen molar-refractivity contribution in [1.82, 2.24) is 19.8 Å². The molecule has 0 spiro atoms. The molecule has 0 radical (unpaired) electrons. The maximum Gasteiger partial charge on any atom is 0.252 e. The van der Waals surface area contributed by atoms with Gasteiger partial charge in [-0.2, -0.15) is 9.29 Å². The Labute approximate surface area is 181 Å². The number of hydrogen-bond acceptors (Lipinski definition) is 7. The summed E-state index contributed by atoms with van der Waals surface area (Å²) < 4.78 is 33.5. The van der Waals surface area contributed by atoms with E-state index in [1.165, 1.54) is 17.1 Å². The van der Waals surface area contributed by atoms with Gasteiger partial charge in [-0.05, 0) is 45.6 Å². The molecule has 1 aliphatic heterocycles. The highest BCUT2D eigenvalue weighted by molar-refractivity contribution is 7.91. The van der Waals surface area contributed by atoms with Gasteiger partial charge in [0.1, 0.15) is 4.21 Å². The number of rotatable bonds is 6. The van der Waals surface area contributed by atoms with Gasteiger partial charge in [0.15, 0.2) is 0 Å². The van der Waals surface area contributed by atoms with Crippen LogP contribution in [0.4, 0.5) is 0 Å². The SMILES string of the molecule is CC(C)NC(=O)[C@H]1CCCN(S(=O)(=O)c2cc(-c3noc(C4CCCC4)n3)cs2)C1. The number of carbonyl (C=O) groups excluding carboxylic acids is 1. The van der Waals surface area contributed by atoms with E-state index in [-0.39, 0.29) is 28.6 Å². The molecule has 2 aliphatic rings. The first kappa shape index (κ1) is 21.5. The van der Waals surface area contributed by atoms with Crippen LogP contribution in [0.3, 0.4) is 0 Å². The summed E-state index contributed by atoms with van der Waals surface area (Å²) >= 11 is 1.15. The molecule has 1 aliphatic carbocycles. The summed E-state index contributed by atoms with van der Waals surface area (Å²) in [5, 5.41) is 8.70. The van der Waals surface area contributed by atoms with Gasteiger partial charge in [0, 0.05) is 36.0 Å². The molecule has 164 valence electrons. The maximum absolute atomic E-state index is 13.2. The van der Waals surface area contributed by atoms with Crippen molar-refractivity contribution in [2.24, 2.45) is 5.92 Å². The minimum atomic E-state index is -3.67. The second-order valence-corrected chi connectivity index (χ2v) is 11.5. The molecule has 3 heterocycles. The van der Waals surface area contributed by atoms with E-state index in [0.717, 1.165) is 24.2 Å². The highest BCUT2D eigenvalue weighted by atomic mass is 32.2. The molecule has 1 saturated heterocycles. The normalized spacial score (nSPS) is 21.4. The fourth-order valence-corrected chi connectivity index (χ4v) is 7.00.